The van der Waals surface area contributed by atoms with Crippen molar-refractivity contribution in [2.75, 3.05) is 11.4 Å². The van der Waals surface area contributed by atoms with E-state index in [4.69, 9.17) is 5.26 Å². The van der Waals surface area contributed by atoms with Gasteiger partial charge in [-0.3, -0.25) is 0 Å². The van der Waals surface area contributed by atoms with E-state index in [1.807, 2.05) is 13.8 Å². The molecule has 0 aliphatic rings. The minimum atomic E-state index is -0.343. The van der Waals surface area contributed by atoms with E-state index in [0.717, 1.165) is 0 Å². The molecule has 0 aromatic carbocycles. The summed E-state index contributed by atoms with van der Waals surface area (Å²) in [4.78, 5) is 5.78. The molecule has 3 nitrogen and oxygen atoms in total. The molecule has 4 heteroatoms. The van der Waals surface area contributed by atoms with Gasteiger partial charge < -0.3 is 4.90 Å². The van der Waals surface area contributed by atoms with E-state index in [0.29, 0.717) is 18.8 Å². The van der Waals surface area contributed by atoms with Crippen molar-refractivity contribution < 1.29 is 4.39 Å². The summed E-state index contributed by atoms with van der Waals surface area (Å²) in [5.74, 6) is -0.0214. The van der Waals surface area contributed by atoms with Crippen LogP contribution in [0.1, 0.15) is 20.3 Å². The van der Waals surface area contributed by atoms with Gasteiger partial charge in [-0.1, -0.05) is 0 Å². The molecule has 0 saturated heterocycles. The quantitative estimate of drug-likeness (QED) is 0.760. The Kier molecular flexibility index (Phi) is 4.04. The normalized spacial score (nSPS) is 10.1. The molecule has 0 aliphatic carbocycles. The highest BCUT2D eigenvalue weighted by Crippen LogP contribution is 2.17. The number of hydrogen-bond donors (Lipinski definition) is 0. The van der Waals surface area contributed by atoms with Gasteiger partial charge in [-0.2, -0.15) is 5.26 Å². The van der Waals surface area contributed by atoms with Crippen molar-refractivity contribution in [3.8, 4) is 6.07 Å². The summed E-state index contributed by atoms with van der Waals surface area (Å²) in [6.07, 6.45) is 1.92. The summed E-state index contributed by atoms with van der Waals surface area (Å²) in [5.41, 5.74) is 0. The van der Waals surface area contributed by atoms with E-state index in [9.17, 15) is 4.39 Å². The Balaban J connectivity index is 2.90. The van der Waals surface area contributed by atoms with Gasteiger partial charge in [-0.25, -0.2) is 9.37 Å². The Morgan fingerprint density at radius 2 is 2.33 bits per heavy atom. The number of rotatable bonds is 4. The van der Waals surface area contributed by atoms with Crippen molar-refractivity contribution in [1.82, 2.24) is 4.98 Å². The second kappa shape index (κ2) is 5.30. The summed E-state index contributed by atoms with van der Waals surface area (Å²) < 4.78 is 13.4. The van der Waals surface area contributed by atoms with Crippen LogP contribution in [0.25, 0.3) is 0 Å². The van der Waals surface area contributed by atoms with Crippen LogP contribution in [0.4, 0.5) is 10.2 Å². The fourth-order valence-corrected chi connectivity index (χ4v) is 1.37. The molecule has 0 radical (unpaired) electrons. The van der Waals surface area contributed by atoms with E-state index in [1.54, 1.807) is 17.2 Å². The molecule has 0 atom stereocenters. The monoisotopic (exact) mass is 207 g/mol. The fourth-order valence-electron chi connectivity index (χ4n) is 1.37. The molecule has 0 amide bonds. The van der Waals surface area contributed by atoms with Crippen LogP contribution in [0, 0.1) is 17.1 Å². The Bertz CT molecular complexity index is 357. The first-order valence-electron chi connectivity index (χ1n) is 4.91. The third-order valence-corrected chi connectivity index (χ3v) is 2.10. The van der Waals surface area contributed by atoms with E-state index in [1.165, 1.54) is 6.07 Å². The summed E-state index contributed by atoms with van der Waals surface area (Å²) in [6, 6.07) is 5.11. The highest BCUT2D eigenvalue weighted by atomic mass is 19.1. The molecule has 1 aromatic rings. The number of hydrogen-bond acceptors (Lipinski definition) is 3. The van der Waals surface area contributed by atoms with Crippen molar-refractivity contribution >= 4 is 5.82 Å². The molecule has 0 spiro atoms. The number of anilines is 1. The maximum absolute atomic E-state index is 13.4. The van der Waals surface area contributed by atoms with Crippen LogP contribution in [-0.4, -0.2) is 17.6 Å². The molecule has 1 heterocycles. The predicted octanol–water partition coefficient (Wildman–Crippen LogP) is 2.35. The number of halogens is 1. The second-order valence-electron chi connectivity index (χ2n) is 3.50. The van der Waals surface area contributed by atoms with Crippen LogP contribution in [0.3, 0.4) is 0 Å². The van der Waals surface area contributed by atoms with E-state index in [-0.39, 0.29) is 11.9 Å². The van der Waals surface area contributed by atoms with E-state index in [2.05, 4.69) is 11.1 Å². The number of nitrogens with zero attached hydrogens (tertiary/aromatic N) is 3. The van der Waals surface area contributed by atoms with Gasteiger partial charge in [0.25, 0.3) is 0 Å². The van der Waals surface area contributed by atoms with Crippen LogP contribution in [-0.2, 0) is 0 Å². The number of pyridine rings is 1. The average Bonchev–Trinajstić information content (AvgIpc) is 2.20. The Morgan fingerprint density at radius 3 is 2.87 bits per heavy atom. The van der Waals surface area contributed by atoms with Gasteiger partial charge in [0.05, 0.1) is 12.5 Å². The molecule has 1 aromatic heterocycles. The third-order valence-electron chi connectivity index (χ3n) is 2.10. The molecule has 0 fully saturated rings. The largest absolute Gasteiger partial charge is 0.351 e. The van der Waals surface area contributed by atoms with Crippen LogP contribution in [0.2, 0.25) is 0 Å². The van der Waals surface area contributed by atoms with Crippen LogP contribution in [0.5, 0.6) is 0 Å². The van der Waals surface area contributed by atoms with E-state index >= 15 is 0 Å². The highest BCUT2D eigenvalue weighted by molar-refractivity contribution is 5.40. The van der Waals surface area contributed by atoms with Crippen molar-refractivity contribution in [3.05, 3.63) is 24.1 Å². The molecule has 0 N–H and O–H groups in total. The predicted molar refractivity (Wildman–Crippen MR) is 56.9 cm³/mol. The number of nitriles is 1. The smallest absolute Gasteiger partial charge is 0.165 e. The van der Waals surface area contributed by atoms with Gasteiger partial charge >= 0.3 is 0 Å². The van der Waals surface area contributed by atoms with Crippen LogP contribution in [0.15, 0.2) is 18.3 Å². The maximum atomic E-state index is 13.4. The minimum Gasteiger partial charge on any atom is -0.351 e. The van der Waals surface area contributed by atoms with Crippen molar-refractivity contribution in [1.29, 1.82) is 5.26 Å². The topological polar surface area (TPSA) is 39.9 Å². The molecular formula is C11H14FN3. The third kappa shape index (κ3) is 2.91. The lowest BCUT2D eigenvalue weighted by molar-refractivity contribution is 0.590. The van der Waals surface area contributed by atoms with Gasteiger partial charge in [0.15, 0.2) is 11.6 Å². The standard InChI is InChI=1S/C11H14FN3/c1-9(2)15(8-4-6-13)11-10(12)5-3-7-14-11/h3,5,7,9H,4,8H2,1-2H3. The van der Waals surface area contributed by atoms with Crippen LogP contribution < -0.4 is 4.90 Å². The molecule has 1 rings (SSSR count). The van der Waals surface area contributed by atoms with Gasteiger partial charge in [0, 0.05) is 18.8 Å². The Labute approximate surface area is 89.2 Å². The molecular weight excluding hydrogens is 193 g/mol. The molecule has 0 unspecified atom stereocenters. The first-order chi connectivity index (χ1) is 7.16. The van der Waals surface area contributed by atoms with Gasteiger partial charge in [0.1, 0.15) is 0 Å². The molecule has 80 valence electrons. The molecule has 0 saturated carbocycles. The maximum Gasteiger partial charge on any atom is 0.165 e. The molecule has 0 bridgehead atoms. The van der Waals surface area contributed by atoms with Crippen molar-refractivity contribution in [2.24, 2.45) is 0 Å². The van der Waals surface area contributed by atoms with E-state index < -0.39 is 0 Å². The SMILES string of the molecule is CC(C)N(CCC#N)c1ncccc1F. The zero-order chi connectivity index (χ0) is 11.3. The first-order valence-corrected chi connectivity index (χ1v) is 4.91. The lowest BCUT2D eigenvalue weighted by Crippen LogP contribution is -2.33. The Morgan fingerprint density at radius 1 is 1.60 bits per heavy atom. The fraction of sp³-hybridized carbons (Fsp3) is 0.455. The number of aromatic nitrogens is 1. The minimum absolute atomic E-state index is 0.128. The summed E-state index contributed by atoms with van der Waals surface area (Å²) in [6.45, 7) is 4.40. The Hall–Kier alpha value is -1.63. The lowest BCUT2D eigenvalue weighted by atomic mass is 10.2. The van der Waals surface area contributed by atoms with Crippen molar-refractivity contribution in [3.63, 3.8) is 0 Å². The lowest BCUT2D eigenvalue weighted by Gasteiger charge is -2.26. The zero-order valence-corrected chi connectivity index (χ0v) is 8.94. The molecule has 15 heavy (non-hydrogen) atoms. The first kappa shape index (κ1) is 11.4. The van der Waals surface area contributed by atoms with Crippen LogP contribution >= 0.6 is 0 Å². The van der Waals surface area contributed by atoms with Crippen molar-refractivity contribution in [2.45, 2.75) is 26.3 Å². The van der Waals surface area contributed by atoms with Gasteiger partial charge in [-0.15, -0.1) is 0 Å². The average molecular weight is 207 g/mol. The van der Waals surface area contributed by atoms with Gasteiger partial charge in [-0.05, 0) is 26.0 Å². The summed E-state index contributed by atoms with van der Waals surface area (Å²) in [7, 11) is 0. The summed E-state index contributed by atoms with van der Waals surface area (Å²) in [5, 5.41) is 8.52. The molecule has 0 aliphatic heterocycles. The zero-order valence-electron chi connectivity index (χ0n) is 8.94. The second-order valence-corrected chi connectivity index (χ2v) is 3.50. The summed E-state index contributed by atoms with van der Waals surface area (Å²) >= 11 is 0. The van der Waals surface area contributed by atoms with Gasteiger partial charge in [0.2, 0.25) is 0 Å². The highest BCUT2D eigenvalue weighted by Gasteiger charge is 2.14.